The van der Waals surface area contributed by atoms with Crippen molar-refractivity contribution < 1.29 is 25.2 Å². The molecule has 0 spiro atoms. The van der Waals surface area contributed by atoms with Gasteiger partial charge in [-0.05, 0) is 6.92 Å². The Morgan fingerprint density at radius 3 is 2.76 bits per heavy atom. The van der Waals surface area contributed by atoms with E-state index in [1.807, 2.05) is 13.0 Å². The van der Waals surface area contributed by atoms with Gasteiger partial charge in [0.25, 0.3) is 0 Å². The maximum atomic E-state index is 10.2. The molecule has 1 aliphatic heterocycles. The third-order valence-corrected chi connectivity index (χ3v) is 4.12. The van der Waals surface area contributed by atoms with E-state index in [1.54, 1.807) is 0 Å². The van der Waals surface area contributed by atoms with Crippen LogP contribution in [0.4, 0.5) is 5.82 Å². The second kappa shape index (κ2) is 7.42. The molecule has 5 N–H and O–H groups in total. The molecule has 136 valence electrons. The normalized spacial score (nSPS) is 27.2. The number of imidazole rings is 1. The van der Waals surface area contributed by atoms with E-state index >= 15 is 0 Å². The van der Waals surface area contributed by atoms with E-state index in [2.05, 4.69) is 20.3 Å². The highest BCUT2D eigenvalue weighted by Gasteiger charge is 2.44. The molecular formula is C15H21N5O5. The number of hydrogen-bond donors (Lipinski definition) is 5. The molecule has 3 heterocycles. The average molecular weight is 351 g/mol. The van der Waals surface area contributed by atoms with E-state index in [0.717, 1.165) is 5.57 Å². The van der Waals surface area contributed by atoms with Crippen LogP contribution >= 0.6 is 0 Å². The number of anilines is 1. The van der Waals surface area contributed by atoms with Gasteiger partial charge in [-0.2, -0.15) is 0 Å². The summed E-state index contributed by atoms with van der Waals surface area (Å²) >= 11 is 0. The van der Waals surface area contributed by atoms with Crippen LogP contribution < -0.4 is 5.32 Å². The molecule has 25 heavy (non-hydrogen) atoms. The van der Waals surface area contributed by atoms with Crippen LogP contribution in [-0.4, -0.2) is 78.0 Å². The zero-order chi connectivity index (χ0) is 18.0. The SMILES string of the molecule is C/C(=C\CNc1ncnc2c1ncn2[C@@H]1O[C@@H](CO)[C@@H](O)[C@H]1O)CO. The van der Waals surface area contributed by atoms with Crippen molar-refractivity contribution in [1.29, 1.82) is 0 Å². The molecule has 0 radical (unpaired) electrons. The lowest BCUT2D eigenvalue weighted by Gasteiger charge is -2.16. The Kier molecular flexibility index (Phi) is 5.25. The number of hydrogen-bond acceptors (Lipinski definition) is 9. The molecule has 0 aliphatic carbocycles. The van der Waals surface area contributed by atoms with Crippen LogP contribution in [0.2, 0.25) is 0 Å². The van der Waals surface area contributed by atoms with Crippen LogP contribution in [0.3, 0.4) is 0 Å². The topological polar surface area (TPSA) is 146 Å². The molecule has 0 bridgehead atoms. The van der Waals surface area contributed by atoms with Gasteiger partial charge in [0.05, 0.1) is 19.5 Å². The van der Waals surface area contributed by atoms with Crippen LogP contribution in [0.1, 0.15) is 13.2 Å². The predicted molar refractivity (Wildman–Crippen MR) is 87.7 cm³/mol. The number of ether oxygens (including phenoxy) is 1. The number of nitrogens with one attached hydrogen (secondary N) is 1. The fourth-order valence-corrected chi connectivity index (χ4v) is 2.66. The lowest BCUT2D eigenvalue weighted by Crippen LogP contribution is -2.33. The Bertz CT molecular complexity index is 764. The van der Waals surface area contributed by atoms with Crippen LogP contribution in [0, 0.1) is 0 Å². The highest BCUT2D eigenvalue weighted by molar-refractivity contribution is 5.82. The molecule has 0 unspecified atom stereocenters. The van der Waals surface area contributed by atoms with Crippen molar-refractivity contribution >= 4 is 17.0 Å². The molecule has 10 nitrogen and oxygen atoms in total. The van der Waals surface area contributed by atoms with Crippen LogP contribution in [-0.2, 0) is 4.74 Å². The molecule has 10 heteroatoms. The molecule has 1 aliphatic rings. The predicted octanol–water partition coefficient (Wildman–Crippen LogP) is -1.21. The third kappa shape index (κ3) is 3.34. The van der Waals surface area contributed by atoms with Crippen molar-refractivity contribution in [2.75, 3.05) is 25.1 Å². The number of aliphatic hydroxyl groups excluding tert-OH is 4. The first-order chi connectivity index (χ1) is 12.1. The smallest absolute Gasteiger partial charge is 0.167 e. The van der Waals surface area contributed by atoms with Gasteiger partial charge >= 0.3 is 0 Å². The molecule has 0 aromatic carbocycles. The van der Waals surface area contributed by atoms with Crippen molar-refractivity contribution in [2.24, 2.45) is 0 Å². The minimum Gasteiger partial charge on any atom is -0.394 e. The summed E-state index contributed by atoms with van der Waals surface area (Å²) in [5.41, 5.74) is 1.74. The van der Waals surface area contributed by atoms with E-state index in [4.69, 9.17) is 9.84 Å². The minimum atomic E-state index is -1.21. The lowest BCUT2D eigenvalue weighted by molar-refractivity contribution is -0.0511. The molecule has 0 saturated carbocycles. The molecule has 0 amide bonds. The summed E-state index contributed by atoms with van der Waals surface area (Å²) in [5.74, 6) is 0.498. The summed E-state index contributed by atoms with van der Waals surface area (Å²) in [6.45, 7) is 1.85. The number of nitrogens with zero attached hydrogens (tertiary/aromatic N) is 4. The average Bonchev–Trinajstić information content (AvgIpc) is 3.17. The second-order valence-electron chi connectivity index (χ2n) is 5.86. The van der Waals surface area contributed by atoms with Crippen molar-refractivity contribution in [3.05, 3.63) is 24.3 Å². The number of aromatic nitrogens is 4. The summed E-state index contributed by atoms with van der Waals surface area (Å²) in [6, 6.07) is 0. The summed E-state index contributed by atoms with van der Waals surface area (Å²) in [7, 11) is 0. The second-order valence-corrected chi connectivity index (χ2v) is 5.86. The van der Waals surface area contributed by atoms with Crippen molar-refractivity contribution in [3.8, 4) is 0 Å². The summed E-state index contributed by atoms with van der Waals surface area (Å²) in [4.78, 5) is 12.6. The summed E-state index contributed by atoms with van der Waals surface area (Å²) < 4.78 is 7.01. The number of fused-ring (bicyclic) bond motifs is 1. The monoisotopic (exact) mass is 351 g/mol. The third-order valence-electron chi connectivity index (χ3n) is 4.12. The highest BCUT2D eigenvalue weighted by Crippen LogP contribution is 2.31. The van der Waals surface area contributed by atoms with Crippen LogP contribution in [0.5, 0.6) is 0 Å². The summed E-state index contributed by atoms with van der Waals surface area (Å²) in [6.07, 6.45) is 0.443. The Balaban J connectivity index is 1.86. The Morgan fingerprint density at radius 2 is 2.08 bits per heavy atom. The molecule has 3 rings (SSSR count). The van der Waals surface area contributed by atoms with E-state index in [9.17, 15) is 15.3 Å². The van der Waals surface area contributed by atoms with Crippen LogP contribution in [0.15, 0.2) is 24.3 Å². The van der Waals surface area contributed by atoms with Gasteiger partial charge in [-0.3, -0.25) is 4.57 Å². The van der Waals surface area contributed by atoms with E-state index < -0.39 is 31.1 Å². The molecule has 2 aromatic rings. The van der Waals surface area contributed by atoms with E-state index in [1.165, 1.54) is 17.2 Å². The Morgan fingerprint density at radius 1 is 1.28 bits per heavy atom. The minimum absolute atomic E-state index is 0.0131. The van der Waals surface area contributed by atoms with Crippen molar-refractivity contribution in [1.82, 2.24) is 19.5 Å². The first kappa shape index (κ1) is 17.7. The fraction of sp³-hybridized carbons (Fsp3) is 0.533. The Labute approximate surface area is 143 Å². The first-order valence-electron chi connectivity index (χ1n) is 7.87. The Hall–Kier alpha value is -2.11. The fourth-order valence-electron chi connectivity index (χ4n) is 2.66. The van der Waals surface area contributed by atoms with Gasteiger partial charge in [-0.15, -0.1) is 0 Å². The molecule has 1 saturated heterocycles. The summed E-state index contributed by atoms with van der Waals surface area (Å²) in [5, 5.41) is 41.4. The van der Waals surface area contributed by atoms with Gasteiger partial charge in [-0.1, -0.05) is 11.6 Å². The number of rotatable bonds is 6. The van der Waals surface area contributed by atoms with E-state index in [0.29, 0.717) is 23.5 Å². The van der Waals surface area contributed by atoms with Crippen LogP contribution in [0.25, 0.3) is 11.2 Å². The highest BCUT2D eigenvalue weighted by atomic mass is 16.6. The van der Waals surface area contributed by atoms with Gasteiger partial charge in [0.15, 0.2) is 23.2 Å². The molecule has 1 fully saturated rings. The van der Waals surface area contributed by atoms with Crippen molar-refractivity contribution in [3.63, 3.8) is 0 Å². The van der Waals surface area contributed by atoms with Gasteiger partial charge in [0.2, 0.25) is 0 Å². The number of aliphatic hydroxyl groups is 4. The maximum Gasteiger partial charge on any atom is 0.167 e. The lowest BCUT2D eigenvalue weighted by atomic mass is 10.1. The zero-order valence-corrected chi connectivity index (χ0v) is 13.6. The largest absolute Gasteiger partial charge is 0.394 e. The van der Waals surface area contributed by atoms with E-state index in [-0.39, 0.29) is 6.61 Å². The zero-order valence-electron chi connectivity index (χ0n) is 13.6. The molecule has 2 aromatic heterocycles. The quantitative estimate of drug-likeness (QED) is 0.404. The maximum absolute atomic E-state index is 10.2. The van der Waals surface area contributed by atoms with Gasteiger partial charge in [-0.25, -0.2) is 15.0 Å². The van der Waals surface area contributed by atoms with Crippen molar-refractivity contribution in [2.45, 2.75) is 31.5 Å². The van der Waals surface area contributed by atoms with Gasteiger partial charge in [0.1, 0.15) is 24.6 Å². The standard InChI is InChI=1S/C15H21N5O5/c1-8(4-21)2-3-16-13-10-14(18-6-17-13)20(7-19-10)15-12(24)11(23)9(5-22)25-15/h2,6-7,9,11-12,15,21-24H,3-5H2,1H3,(H,16,17,18)/b8-2+/t9-,11+,12+,15+/m0/s1. The molecular weight excluding hydrogens is 330 g/mol. The molecule has 4 atom stereocenters. The van der Waals surface area contributed by atoms with Gasteiger partial charge < -0.3 is 30.5 Å². The first-order valence-corrected chi connectivity index (χ1v) is 7.87. The van der Waals surface area contributed by atoms with Gasteiger partial charge in [0, 0.05) is 6.54 Å².